The van der Waals surface area contributed by atoms with Gasteiger partial charge in [0.15, 0.2) is 5.03 Å². The van der Waals surface area contributed by atoms with Gasteiger partial charge in [-0.15, -0.1) is 0 Å². The van der Waals surface area contributed by atoms with Crippen LogP contribution in [0.5, 0.6) is 0 Å². The molecular formula is C13H25N5O2S. The minimum absolute atomic E-state index is 0.113. The fraction of sp³-hybridized carbons (Fsp3) is 0.769. The van der Waals surface area contributed by atoms with E-state index in [4.69, 9.17) is 0 Å². The molecule has 7 nitrogen and oxygen atoms in total. The summed E-state index contributed by atoms with van der Waals surface area (Å²) >= 11 is 0. The fourth-order valence-electron chi connectivity index (χ4n) is 2.52. The zero-order valence-electron chi connectivity index (χ0n) is 12.8. The van der Waals surface area contributed by atoms with Crippen LogP contribution in [0, 0.1) is 6.92 Å². The average molecular weight is 315 g/mol. The minimum Gasteiger partial charge on any atom is -0.313 e. The standard InChI is InChI=1S/C13H25N5O2S/c1-3-14-10-12-11(2)16-17-13(12)21(19,20)15-6-9-18-7-4-5-8-18/h14-15H,3-10H2,1-2H3,(H,16,17). The van der Waals surface area contributed by atoms with Crippen molar-refractivity contribution in [3.8, 4) is 0 Å². The highest BCUT2D eigenvalue weighted by atomic mass is 32.2. The van der Waals surface area contributed by atoms with Crippen LogP contribution in [-0.4, -0.2) is 56.2 Å². The molecule has 1 fully saturated rings. The molecule has 0 bridgehead atoms. The van der Waals surface area contributed by atoms with Gasteiger partial charge in [0, 0.05) is 30.9 Å². The summed E-state index contributed by atoms with van der Waals surface area (Å²) in [5.41, 5.74) is 1.50. The summed E-state index contributed by atoms with van der Waals surface area (Å²) in [7, 11) is -3.55. The van der Waals surface area contributed by atoms with Crippen molar-refractivity contribution in [1.29, 1.82) is 0 Å². The van der Waals surface area contributed by atoms with E-state index in [-0.39, 0.29) is 5.03 Å². The van der Waals surface area contributed by atoms with Gasteiger partial charge < -0.3 is 10.2 Å². The van der Waals surface area contributed by atoms with Gasteiger partial charge in [0.1, 0.15) is 0 Å². The maximum absolute atomic E-state index is 12.4. The SMILES string of the molecule is CCNCc1c(S(=O)(=O)NCCN2CCCC2)n[nH]c1C. The van der Waals surface area contributed by atoms with E-state index >= 15 is 0 Å². The van der Waals surface area contributed by atoms with Crippen LogP contribution < -0.4 is 10.0 Å². The van der Waals surface area contributed by atoms with Gasteiger partial charge in [-0.1, -0.05) is 6.92 Å². The molecule has 0 saturated carbocycles. The third kappa shape index (κ3) is 4.26. The number of nitrogens with one attached hydrogen (secondary N) is 3. The Bertz CT molecular complexity index is 549. The summed E-state index contributed by atoms with van der Waals surface area (Å²) < 4.78 is 27.4. The van der Waals surface area contributed by atoms with Crippen molar-refractivity contribution in [1.82, 2.24) is 25.1 Å². The Hall–Kier alpha value is -0.960. The summed E-state index contributed by atoms with van der Waals surface area (Å²) in [5.74, 6) is 0. The lowest BCUT2D eigenvalue weighted by Gasteiger charge is -2.14. The van der Waals surface area contributed by atoms with Gasteiger partial charge in [0.25, 0.3) is 10.0 Å². The predicted molar refractivity (Wildman–Crippen MR) is 81.6 cm³/mol. The minimum atomic E-state index is -3.55. The van der Waals surface area contributed by atoms with Gasteiger partial charge >= 0.3 is 0 Å². The molecule has 1 aromatic heterocycles. The normalized spacial score (nSPS) is 16.7. The predicted octanol–water partition coefficient (Wildman–Crippen LogP) is 0.202. The lowest BCUT2D eigenvalue weighted by molar-refractivity contribution is 0.344. The second-order valence-electron chi connectivity index (χ2n) is 5.36. The molecule has 2 rings (SSSR count). The van der Waals surface area contributed by atoms with E-state index in [1.54, 1.807) is 0 Å². The summed E-state index contributed by atoms with van der Waals surface area (Å²) in [6.07, 6.45) is 2.41. The zero-order chi connectivity index (χ0) is 15.3. The second kappa shape index (κ2) is 7.35. The number of rotatable bonds is 8. The van der Waals surface area contributed by atoms with E-state index in [1.807, 2.05) is 13.8 Å². The van der Waals surface area contributed by atoms with Crippen LogP contribution in [-0.2, 0) is 16.6 Å². The molecule has 0 atom stereocenters. The Morgan fingerprint density at radius 1 is 1.33 bits per heavy atom. The van der Waals surface area contributed by atoms with E-state index in [1.165, 1.54) is 12.8 Å². The van der Waals surface area contributed by atoms with Crippen LogP contribution in [0.15, 0.2) is 5.03 Å². The van der Waals surface area contributed by atoms with Crippen molar-refractivity contribution in [2.75, 3.05) is 32.7 Å². The number of sulfonamides is 1. The summed E-state index contributed by atoms with van der Waals surface area (Å²) in [6.45, 7) is 8.42. The van der Waals surface area contributed by atoms with Crippen molar-refractivity contribution in [3.05, 3.63) is 11.3 Å². The van der Waals surface area contributed by atoms with Crippen LogP contribution in [0.25, 0.3) is 0 Å². The molecule has 0 aromatic carbocycles. The number of H-pyrrole nitrogens is 1. The molecular weight excluding hydrogens is 290 g/mol. The molecule has 0 unspecified atom stereocenters. The van der Waals surface area contributed by atoms with E-state index in [9.17, 15) is 8.42 Å². The summed E-state index contributed by atoms with van der Waals surface area (Å²) in [4.78, 5) is 2.28. The van der Waals surface area contributed by atoms with Gasteiger partial charge in [-0.2, -0.15) is 5.10 Å². The molecule has 1 aliphatic heterocycles. The highest BCUT2D eigenvalue weighted by Gasteiger charge is 2.23. The first-order chi connectivity index (χ1) is 10.0. The van der Waals surface area contributed by atoms with Gasteiger partial charge in [0.05, 0.1) is 0 Å². The molecule has 120 valence electrons. The van der Waals surface area contributed by atoms with Crippen LogP contribution in [0.3, 0.4) is 0 Å². The Balaban J connectivity index is 1.97. The number of likely N-dealkylation sites (tertiary alicyclic amines) is 1. The molecule has 3 N–H and O–H groups in total. The van der Waals surface area contributed by atoms with Gasteiger partial charge in [-0.3, -0.25) is 5.10 Å². The van der Waals surface area contributed by atoms with Crippen molar-refractivity contribution in [2.45, 2.75) is 38.3 Å². The topological polar surface area (TPSA) is 90.1 Å². The lowest BCUT2D eigenvalue weighted by Crippen LogP contribution is -2.34. The third-order valence-electron chi connectivity index (χ3n) is 3.76. The zero-order valence-corrected chi connectivity index (χ0v) is 13.6. The molecule has 1 saturated heterocycles. The summed E-state index contributed by atoms with van der Waals surface area (Å²) in [6, 6.07) is 0. The van der Waals surface area contributed by atoms with Crippen molar-refractivity contribution >= 4 is 10.0 Å². The molecule has 1 aromatic rings. The van der Waals surface area contributed by atoms with Crippen molar-refractivity contribution in [3.63, 3.8) is 0 Å². The van der Waals surface area contributed by atoms with E-state index in [0.717, 1.165) is 31.9 Å². The van der Waals surface area contributed by atoms with Gasteiger partial charge in [0.2, 0.25) is 0 Å². The Kier molecular flexibility index (Phi) is 5.74. The number of aryl methyl sites for hydroxylation is 1. The van der Waals surface area contributed by atoms with E-state index < -0.39 is 10.0 Å². The van der Waals surface area contributed by atoms with Crippen molar-refractivity contribution < 1.29 is 8.42 Å². The first-order valence-corrected chi connectivity index (χ1v) is 8.99. The molecule has 0 radical (unpaired) electrons. The largest absolute Gasteiger partial charge is 0.313 e. The number of aromatic amines is 1. The van der Waals surface area contributed by atoms with Gasteiger partial charge in [-0.25, -0.2) is 13.1 Å². The number of hydrogen-bond acceptors (Lipinski definition) is 5. The fourth-order valence-corrected chi connectivity index (χ4v) is 3.74. The molecule has 0 amide bonds. The molecule has 0 spiro atoms. The van der Waals surface area contributed by atoms with Crippen LogP contribution in [0.4, 0.5) is 0 Å². The molecule has 21 heavy (non-hydrogen) atoms. The average Bonchev–Trinajstić information content (AvgIpc) is 3.06. The van der Waals surface area contributed by atoms with Crippen LogP contribution in [0.2, 0.25) is 0 Å². The first-order valence-electron chi connectivity index (χ1n) is 7.51. The Labute approximate surface area is 126 Å². The molecule has 8 heteroatoms. The third-order valence-corrected chi connectivity index (χ3v) is 5.19. The van der Waals surface area contributed by atoms with Crippen LogP contribution in [0.1, 0.15) is 31.0 Å². The lowest BCUT2D eigenvalue weighted by atomic mass is 10.2. The smallest absolute Gasteiger partial charge is 0.260 e. The van der Waals surface area contributed by atoms with Crippen LogP contribution >= 0.6 is 0 Å². The van der Waals surface area contributed by atoms with E-state index in [0.29, 0.717) is 18.7 Å². The highest BCUT2D eigenvalue weighted by molar-refractivity contribution is 7.89. The van der Waals surface area contributed by atoms with Crippen molar-refractivity contribution in [2.24, 2.45) is 0 Å². The monoisotopic (exact) mass is 315 g/mol. The highest BCUT2D eigenvalue weighted by Crippen LogP contribution is 2.15. The maximum atomic E-state index is 12.4. The number of nitrogens with zero attached hydrogens (tertiary/aromatic N) is 2. The Morgan fingerprint density at radius 3 is 2.71 bits per heavy atom. The second-order valence-corrected chi connectivity index (χ2v) is 7.04. The quantitative estimate of drug-likeness (QED) is 0.638. The van der Waals surface area contributed by atoms with Gasteiger partial charge in [-0.05, 0) is 39.4 Å². The molecule has 0 aliphatic carbocycles. The Morgan fingerprint density at radius 2 is 2.05 bits per heavy atom. The van der Waals surface area contributed by atoms with E-state index in [2.05, 4.69) is 25.1 Å². The maximum Gasteiger partial charge on any atom is 0.260 e. The molecule has 1 aliphatic rings. The summed E-state index contributed by atoms with van der Waals surface area (Å²) in [5, 5.41) is 9.98. The number of hydrogen-bond donors (Lipinski definition) is 3. The number of aromatic nitrogens is 2. The molecule has 2 heterocycles. The first kappa shape index (κ1) is 16.4.